The van der Waals surface area contributed by atoms with E-state index >= 15 is 0 Å². The summed E-state index contributed by atoms with van der Waals surface area (Å²) in [5.41, 5.74) is 2.14. The zero-order chi connectivity index (χ0) is 23.6. The first-order valence-electron chi connectivity index (χ1n) is 11.1. The van der Waals surface area contributed by atoms with E-state index in [1.54, 1.807) is 24.3 Å². The van der Waals surface area contributed by atoms with E-state index in [0.29, 0.717) is 31.7 Å². The van der Waals surface area contributed by atoms with Crippen molar-refractivity contribution in [1.82, 2.24) is 4.90 Å². The smallest absolute Gasteiger partial charge is 0.335 e. The molecule has 0 bridgehead atoms. The Hall–Kier alpha value is -3.35. The number of phenols is 1. The maximum Gasteiger partial charge on any atom is 0.335 e. The van der Waals surface area contributed by atoms with Crippen molar-refractivity contribution in [3.63, 3.8) is 0 Å². The summed E-state index contributed by atoms with van der Waals surface area (Å²) in [5.74, 6) is 0.0339. The molecule has 3 N–H and O–H groups in total. The van der Waals surface area contributed by atoms with Gasteiger partial charge in [-0.15, -0.1) is 0 Å². The molecule has 0 amide bonds. The summed E-state index contributed by atoms with van der Waals surface area (Å²) in [6.45, 7) is 3.32. The van der Waals surface area contributed by atoms with Crippen molar-refractivity contribution < 1.29 is 24.9 Å². The Morgan fingerprint density at radius 2 is 1.64 bits per heavy atom. The lowest BCUT2D eigenvalue weighted by molar-refractivity contribution is 0.0550. The fourth-order valence-electron chi connectivity index (χ4n) is 3.76. The van der Waals surface area contributed by atoms with Crippen LogP contribution in [0.2, 0.25) is 0 Å². The number of rotatable bonds is 12. The molecular weight excluding hydrogens is 418 g/mol. The van der Waals surface area contributed by atoms with E-state index in [4.69, 9.17) is 9.84 Å². The molecule has 6 nitrogen and oxygen atoms in total. The number of aliphatic hydroxyl groups excluding tert-OH is 1. The largest absolute Gasteiger partial charge is 0.508 e. The fraction of sp³-hybridized carbons (Fsp3) is 0.296. The standard InChI is InChI=1S/C27H31NO5/c1-20(17-21-11-13-23(14-12-21)27(31)32)28(16-15-22-7-5-6-10-26(22)30)18-24(29)19-33-25-8-3-2-4-9-25/h2-14,20,24,29-30H,15-19H2,1H3,(H,31,32). The Morgan fingerprint density at radius 1 is 0.970 bits per heavy atom. The van der Waals surface area contributed by atoms with Crippen molar-refractivity contribution in [2.24, 2.45) is 0 Å². The number of benzene rings is 3. The zero-order valence-electron chi connectivity index (χ0n) is 18.8. The highest BCUT2D eigenvalue weighted by Gasteiger charge is 2.19. The van der Waals surface area contributed by atoms with E-state index in [0.717, 1.165) is 11.1 Å². The maximum atomic E-state index is 11.1. The second kappa shape index (κ2) is 12.0. The van der Waals surface area contributed by atoms with Crippen molar-refractivity contribution in [3.05, 3.63) is 95.6 Å². The van der Waals surface area contributed by atoms with E-state index in [1.807, 2.05) is 54.6 Å². The van der Waals surface area contributed by atoms with Gasteiger partial charge in [0.2, 0.25) is 0 Å². The highest BCUT2D eigenvalue weighted by molar-refractivity contribution is 5.87. The summed E-state index contributed by atoms with van der Waals surface area (Å²) in [7, 11) is 0. The monoisotopic (exact) mass is 449 g/mol. The molecular formula is C27H31NO5. The first kappa shape index (κ1) is 24.3. The number of aromatic hydroxyl groups is 1. The van der Waals surface area contributed by atoms with E-state index in [-0.39, 0.29) is 24.0 Å². The van der Waals surface area contributed by atoms with E-state index in [9.17, 15) is 15.0 Å². The Labute approximate surface area is 194 Å². The van der Waals surface area contributed by atoms with Gasteiger partial charge in [-0.3, -0.25) is 4.90 Å². The topological polar surface area (TPSA) is 90.2 Å². The molecule has 2 unspecified atom stereocenters. The van der Waals surface area contributed by atoms with Gasteiger partial charge in [0.1, 0.15) is 24.2 Å². The first-order valence-corrected chi connectivity index (χ1v) is 11.1. The predicted octanol–water partition coefficient (Wildman–Crippen LogP) is 4.01. The van der Waals surface area contributed by atoms with Crippen LogP contribution in [0.3, 0.4) is 0 Å². The highest BCUT2D eigenvalue weighted by Crippen LogP contribution is 2.18. The number of hydrogen-bond donors (Lipinski definition) is 3. The summed E-state index contributed by atoms with van der Waals surface area (Å²) in [6.07, 6.45) is 0.653. The van der Waals surface area contributed by atoms with Crippen LogP contribution in [0, 0.1) is 0 Å². The Kier molecular flexibility index (Phi) is 8.87. The molecule has 0 aromatic heterocycles. The van der Waals surface area contributed by atoms with Gasteiger partial charge in [0.25, 0.3) is 0 Å². The normalized spacial score (nSPS) is 12.9. The van der Waals surface area contributed by atoms with Gasteiger partial charge >= 0.3 is 5.97 Å². The number of hydrogen-bond acceptors (Lipinski definition) is 5. The summed E-state index contributed by atoms with van der Waals surface area (Å²) in [5, 5.41) is 29.9. The molecule has 0 saturated heterocycles. The molecule has 3 aromatic carbocycles. The van der Waals surface area contributed by atoms with Crippen LogP contribution >= 0.6 is 0 Å². The first-order chi connectivity index (χ1) is 15.9. The van der Waals surface area contributed by atoms with Crippen LogP contribution in [0.4, 0.5) is 0 Å². The third-order valence-corrected chi connectivity index (χ3v) is 5.65. The third-order valence-electron chi connectivity index (χ3n) is 5.65. The molecule has 0 fully saturated rings. The number of nitrogens with zero attached hydrogens (tertiary/aromatic N) is 1. The molecule has 174 valence electrons. The van der Waals surface area contributed by atoms with E-state index in [2.05, 4.69) is 11.8 Å². The summed E-state index contributed by atoms with van der Waals surface area (Å²) < 4.78 is 5.71. The molecule has 0 heterocycles. The molecule has 3 aromatic rings. The second-order valence-electron chi connectivity index (χ2n) is 8.21. The maximum absolute atomic E-state index is 11.1. The quantitative estimate of drug-likeness (QED) is 0.387. The predicted molar refractivity (Wildman–Crippen MR) is 128 cm³/mol. The molecule has 0 aliphatic rings. The molecule has 6 heteroatoms. The second-order valence-corrected chi connectivity index (χ2v) is 8.21. The average molecular weight is 450 g/mol. The molecule has 0 radical (unpaired) electrons. The molecule has 0 aliphatic carbocycles. The lowest BCUT2D eigenvalue weighted by Gasteiger charge is -2.31. The summed E-state index contributed by atoms with van der Waals surface area (Å²) >= 11 is 0. The molecule has 3 rings (SSSR count). The number of carbonyl (C=O) groups is 1. The summed E-state index contributed by atoms with van der Waals surface area (Å²) in [6, 6.07) is 23.6. The van der Waals surface area contributed by atoms with Crippen LogP contribution in [0.5, 0.6) is 11.5 Å². The van der Waals surface area contributed by atoms with E-state index in [1.165, 1.54) is 0 Å². The third kappa shape index (κ3) is 7.63. The van der Waals surface area contributed by atoms with Gasteiger partial charge < -0.3 is 20.1 Å². The molecule has 2 atom stereocenters. The zero-order valence-corrected chi connectivity index (χ0v) is 18.8. The van der Waals surface area contributed by atoms with Crippen molar-refractivity contribution in [3.8, 4) is 11.5 Å². The van der Waals surface area contributed by atoms with Crippen molar-refractivity contribution in [2.75, 3.05) is 19.7 Å². The number of aromatic carboxylic acids is 1. The molecule has 0 saturated carbocycles. The fourth-order valence-corrected chi connectivity index (χ4v) is 3.76. The van der Waals surface area contributed by atoms with Gasteiger partial charge in [-0.25, -0.2) is 4.79 Å². The van der Waals surface area contributed by atoms with Gasteiger partial charge in [-0.1, -0.05) is 48.5 Å². The molecule has 0 spiro atoms. The number of ether oxygens (including phenoxy) is 1. The number of carboxylic acid groups (broad SMARTS) is 1. The Morgan fingerprint density at radius 3 is 2.30 bits per heavy atom. The van der Waals surface area contributed by atoms with Gasteiger partial charge in [0.15, 0.2) is 0 Å². The van der Waals surface area contributed by atoms with E-state index < -0.39 is 12.1 Å². The van der Waals surface area contributed by atoms with Crippen LogP contribution in [0.15, 0.2) is 78.9 Å². The van der Waals surface area contributed by atoms with Crippen LogP contribution in [0.25, 0.3) is 0 Å². The van der Waals surface area contributed by atoms with Crippen LogP contribution in [0.1, 0.15) is 28.4 Å². The number of carboxylic acids is 1. The van der Waals surface area contributed by atoms with Gasteiger partial charge in [-0.05, 0) is 61.2 Å². The minimum Gasteiger partial charge on any atom is -0.508 e. The Balaban J connectivity index is 1.65. The summed E-state index contributed by atoms with van der Waals surface area (Å²) in [4.78, 5) is 13.3. The lowest BCUT2D eigenvalue weighted by Crippen LogP contribution is -2.43. The van der Waals surface area contributed by atoms with Crippen LogP contribution in [-0.2, 0) is 12.8 Å². The molecule has 33 heavy (non-hydrogen) atoms. The Bertz CT molecular complexity index is 1010. The number of aliphatic hydroxyl groups is 1. The van der Waals surface area contributed by atoms with Crippen LogP contribution in [-0.4, -0.2) is 58.0 Å². The van der Waals surface area contributed by atoms with Gasteiger partial charge in [0.05, 0.1) is 5.56 Å². The van der Waals surface area contributed by atoms with Crippen molar-refractivity contribution in [2.45, 2.75) is 31.9 Å². The average Bonchev–Trinajstić information content (AvgIpc) is 2.82. The minimum atomic E-state index is -0.944. The number of para-hydroxylation sites is 2. The minimum absolute atomic E-state index is 0.0814. The highest BCUT2D eigenvalue weighted by atomic mass is 16.5. The molecule has 0 aliphatic heterocycles. The SMILES string of the molecule is CC(Cc1ccc(C(=O)O)cc1)N(CCc1ccccc1O)CC(O)COc1ccccc1. The lowest BCUT2D eigenvalue weighted by atomic mass is 10.0. The van der Waals surface area contributed by atoms with Gasteiger partial charge in [-0.2, -0.15) is 0 Å². The van der Waals surface area contributed by atoms with Crippen LogP contribution < -0.4 is 4.74 Å². The van der Waals surface area contributed by atoms with Gasteiger partial charge in [0, 0.05) is 19.1 Å². The van der Waals surface area contributed by atoms with Crippen molar-refractivity contribution in [1.29, 1.82) is 0 Å². The number of phenolic OH excluding ortho intramolecular Hbond substituents is 1. The van der Waals surface area contributed by atoms with Crippen molar-refractivity contribution >= 4 is 5.97 Å².